The number of ether oxygens (including phenoxy) is 1. The van der Waals surface area contributed by atoms with Crippen molar-refractivity contribution in [2.45, 2.75) is 44.9 Å². The Kier molecular flexibility index (Phi) is 6.37. The Balaban J connectivity index is 1.78. The van der Waals surface area contributed by atoms with E-state index in [-0.39, 0.29) is 29.8 Å². The lowest BCUT2D eigenvalue weighted by molar-refractivity contribution is -0.134. The molecule has 0 spiro atoms. The third-order valence-corrected chi connectivity index (χ3v) is 5.72. The third-order valence-electron chi connectivity index (χ3n) is 4.75. The fourth-order valence-electron chi connectivity index (χ4n) is 3.42. The lowest BCUT2D eigenvalue weighted by Crippen LogP contribution is -2.48. The largest absolute Gasteiger partial charge is 0.444 e. The molecule has 10 heteroatoms. The molecule has 3 rings (SSSR count). The molecular formula is C20H24N6O3S. The zero-order valence-corrected chi connectivity index (χ0v) is 18.0. The number of hydrogen-bond acceptors (Lipinski definition) is 8. The first kappa shape index (κ1) is 21.7. The highest BCUT2D eigenvalue weighted by Gasteiger charge is 2.43. The van der Waals surface area contributed by atoms with E-state index in [2.05, 4.69) is 10.3 Å². The molecule has 9 nitrogen and oxygen atoms in total. The van der Waals surface area contributed by atoms with Crippen molar-refractivity contribution < 1.29 is 14.3 Å². The summed E-state index contributed by atoms with van der Waals surface area (Å²) in [5, 5.41) is 21.4. The molecular weight excluding hydrogens is 404 g/mol. The second-order valence-corrected chi connectivity index (χ2v) is 9.26. The van der Waals surface area contributed by atoms with Gasteiger partial charge in [0.1, 0.15) is 29.6 Å². The van der Waals surface area contributed by atoms with Crippen molar-refractivity contribution in [3.8, 4) is 12.1 Å². The van der Waals surface area contributed by atoms with Gasteiger partial charge in [-0.1, -0.05) is 0 Å². The zero-order chi connectivity index (χ0) is 21.9. The maximum atomic E-state index is 13.1. The van der Waals surface area contributed by atoms with Crippen LogP contribution in [-0.4, -0.2) is 69.2 Å². The van der Waals surface area contributed by atoms with E-state index in [9.17, 15) is 14.9 Å². The number of pyridine rings is 1. The van der Waals surface area contributed by atoms with Crippen molar-refractivity contribution in [1.82, 2.24) is 14.8 Å². The van der Waals surface area contributed by atoms with Crippen molar-refractivity contribution in [1.29, 1.82) is 10.5 Å². The van der Waals surface area contributed by atoms with E-state index in [4.69, 9.17) is 10.00 Å². The van der Waals surface area contributed by atoms with Crippen molar-refractivity contribution >= 4 is 29.6 Å². The van der Waals surface area contributed by atoms with E-state index in [1.807, 2.05) is 12.1 Å². The van der Waals surface area contributed by atoms with Crippen LogP contribution in [0.25, 0.3) is 0 Å². The molecule has 2 aliphatic heterocycles. The van der Waals surface area contributed by atoms with E-state index in [0.29, 0.717) is 24.7 Å². The van der Waals surface area contributed by atoms with Gasteiger partial charge in [-0.05, 0) is 39.3 Å². The molecule has 0 aromatic carbocycles. The molecule has 2 atom stereocenters. The minimum Gasteiger partial charge on any atom is -0.444 e. The molecule has 3 heterocycles. The Labute approximate surface area is 180 Å². The first-order valence-corrected chi connectivity index (χ1v) is 10.8. The number of thioether (sulfide) groups is 1. The van der Waals surface area contributed by atoms with Gasteiger partial charge in [-0.2, -0.15) is 10.5 Å². The topological polar surface area (TPSA) is 122 Å². The average molecular weight is 429 g/mol. The van der Waals surface area contributed by atoms with E-state index < -0.39 is 17.7 Å². The zero-order valence-electron chi connectivity index (χ0n) is 17.2. The predicted octanol–water partition coefficient (Wildman–Crippen LogP) is 2.15. The number of nitriles is 2. The van der Waals surface area contributed by atoms with Gasteiger partial charge in [0, 0.05) is 24.9 Å². The lowest BCUT2D eigenvalue weighted by atomic mass is 10.1. The molecule has 1 aromatic rings. The van der Waals surface area contributed by atoms with Crippen LogP contribution in [-0.2, 0) is 9.53 Å². The van der Waals surface area contributed by atoms with E-state index >= 15 is 0 Å². The Morgan fingerprint density at radius 1 is 1.30 bits per heavy atom. The summed E-state index contributed by atoms with van der Waals surface area (Å²) in [6, 6.07) is 6.12. The number of nitrogens with one attached hydrogen (secondary N) is 1. The van der Waals surface area contributed by atoms with Crippen LogP contribution in [0.15, 0.2) is 12.1 Å². The van der Waals surface area contributed by atoms with Crippen molar-refractivity contribution in [2.75, 3.05) is 30.0 Å². The third kappa shape index (κ3) is 4.95. The average Bonchev–Trinajstić information content (AvgIpc) is 3.36. The molecule has 0 saturated carbocycles. The maximum absolute atomic E-state index is 13.1. The van der Waals surface area contributed by atoms with Gasteiger partial charge in [0.05, 0.1) is 11.4 Å². The molecule has 2 amide bonds. The van der Waals surface area contributed by atoms with Gasteiger partial charge >= 0.3 is 6.09 Å². The molecule has 0 aliphatic carbocycles. The molecule has 158 valence electrons. The molecule has 0 radical (unpaired) electrons. The van der Waals surface area contributed by atoms with E-state index in [1.165, 1.54) is 11.0 Å². The maximum Gasteiger partial charge on any atom is 0.411 e. The smallest absolute Gasteiger partial charge is 0.411 e. The summed E-state index contributed by atoms with van der Waals surface area (Å²) in [5.74, 6) is 1.85. The van der Waals surface area contributed by atoms with Gasteiger partial charge < -0.3 is 15.0 Å². The standard InChI is InChI=1S/C20H24N6O3S/c1-20(2,3)29-19(28)26-11-14(8-16(26)18(27)25-6-7-30-12-25)23-17-5-4-13(9-21)15(10-22)24-17/h4-5,14,16H,6-8,11-12H2,1-3H3,(H,23,24)/t14-,16-/m0/s1. The summed E-state index contributed by atoms with van der Waals surface area (Å²) in [5.41, 5.74) is -0.438. The van der Waals surface area contributed by atoms with Gasteiger partial charge in [0.15, 0.2) is 5.69 Å². The van der Waals surface area contributed by atoms with Crippen LogP contribution < -0.4 is 5.32 Å². The summed E-state index contributed by atoms with van der Waals surface area (Å²) in [4.78, 5) is 33.2. The molecule has 2 saturated heterocycles. The fraction of sp³-hybridized carbons (Fsp3) is 0.550. The quantitative estimate of drug-likeness (QED) is 0.777. The molecule has 2 aliphatic rings. The first-order chi connectivity index (χ1) is 14.2. The number of rotatable bonds is 3. The highest BCUT2D eigenvalue weighted by atomic mass is 32.2. The SMILES string of the molecule is CC(C)(C)OC(=O)N1C[C@@H](Nc2ccc(C#N)c(C#N)n2)C[C@H]1C(=O)N1CCSC1. The van der Waals surface area contributed by atoms with Crippen molar-refractivity contribution in [3.05, 3.63) is 23.4 Å². The van der Waals surface area contributed by atoms with Crippen molar-refractivity contribution in [3.63, 3.8) is 0 Å². The van der Waals surface area contributed by atoms with Gasteiger partial charge in [0.2, 0.25) is 5.91 Å². The highest BCUT2D eigenvalue weighted by Crippen LogP contribution is 2.27. The Bertz CT molecular complexity index is 911. The van der Waals surface area contributed by atoms with Gasteiger partial charge in [-0.25, -0.2) is 9.78 Å². The van der Waals surface area contributed by atoms with Gasteiger partial charge in [-0.15, -0.1) is 11.8 Å². The monoisotopic (exact) mass is 428 g/mol. The molecule has 2 fully saturated rings. The Morgan fingerprint density at radius 3 is 2.67 bits per heavy atom. The predicted molar refractivity (Wildman–Crippen MR) is 111 cm³/mol. The van der Waals surface area contributed by atoms with Crippen LogP contribution in [0, 0.1) is 22.7 Å². The summed E-state index contributed by atoms with van der Waals surface area (Å²) >= 11 is 1.69. The number of carbonyl (C=O) groups excluding carboxylic acids is 2. The van der Waals surface area contributed by atoms with E-state index in [0.717, 1.165) is 5.75 Å². The van der Waals surface area contributed by atoms with Gasteiger partial charge in [0.25, 0.3) is 0 Å². The van der Waals surface area contributed by atoms with Crippen LogP contribution in [0.4, 0.5) is 10.6 Å². The number of likely N-dealkylation sites (tertiary alicyclic amines) is 1. The van der Waals surface area contributed by atoms with Gasteiger partial charge in [-0.3, -0.25) is 9.69 Å². The lowest BCUT2D eigenvalue weighted by Gasteiger charge is -2.29. The number of nitrogens with zero attached hydrogens (tertiary/aromatic N) is 5. The second-order valence-electron chi connectivity index (χ2n) is 8.18. The number of aromatic nitrogens is 1. The van der Waals surface area contributed by atoms with Crippen LogP contribution in [0.3, 0.4) is 0 Å². The summed E-state index contributed by atoms with van der Waals surface area (Å²) in [6.45, 7) is 6.30. The second kappa shape index (κ2) is 8.80. The van der Waals surface area contributed by atoms with Crippen LogP contribution >= 0.6 is 11.8 Å². The highest BCUT2D eigenvalue weighted by molar-refractivity contribution is 7.99. The molecule has 1 N–H and O–H groups in total. The summed E-state index contributed by atoms with van der Waals surface area (Å²) in [6.07, 6.45) is -0.120. The number of hydrogen-bond donors (Lipinski definition) is 1. The Hall–Kier alpha value is -2.98. The number of anilines is 1. The minimum atomic E-state index is -0.671. The number of carbonyl (C=O) groups is 2. The normalized spacial score (nSPS) is 21.1. The Morgan fingerprint density at radius 2 is 2.07 bits per heavy atom. The molecule has 0 unspecified atom stereocenters. The van der Waals surface area contributed by atoms with Crippen LogP contribution in [0.5, 0.6) is 0 Å². The van der Waals surface area contributed by atoms with Crippen LogP contribution in [0.1, 0.15) is 38.4 Å². The molecule has 0 bridgehead atoms. The fourth-order valence-corrected chi connectivity index (χ4v) is 4.38. The summed E-state index contributed by atoms with van der Waals surface area (Å²) < 4.78 is 5.52. The number of amides is 2. The molecule has 30 heavy (non-hydrogen) atoms. The van der Waals surface area contributed by atoms with Crippen molar-refractivity contribution in [2.24, 2.45) is 0 Å². The minimum absolute atomic E-state index is 0.0335. The van der Waals surface area contributed by atoms with Crippen LogP contribution in [0.2, 0.25) is 0 Å². The van der Waals surface area contributed by atoms with E-state index in [1.54, 1.807) is 43.5 Å². The summed E-state index contributed by atoms with van der Waals surface area (Å²) in [7, 11) is 0. The molecule has 1 aromatic heterocycles. The first-order valence-electron chi connectivity index (χ1n) is 9.66.